The van der Waals surface area contributed by atoms with Gasteiger partial charge in [0.1, 0.15) is 11.6 Å². The molecule has 0 radical (unpaired) electrons. The van der Waals surface area contributed by atoms with Crippen molar-refractivity contribution in [2.45, 2.75) is 44.4 Å². The molecule has 1 saturated heterocycles. The molecule has 2 bridgehead atoms. The van der Waals surface area contributed by atoms with Crippen LogP contribution < -0.4 is 4.74 Å². The van der Waals surface area contributed by atoms with Gasteiger partial charge in [-0.05, 0) is 56.3 Å². The van der Waals surface area contributed by atoms with Crippen LogP contribution in [0.1, 0.15) is 65.1 Å². The van der Waals surface area contributed by atoms with Crippen molar-refractivity contribution >= 4 is 16.9 Å². The lowest BCUT2D eigenvalue weighted by molar-refractivity contribution is -0.0507. The van der Waals surface area contributed by atoms with Crippen LogP contribution in [0.5, 0.6) is 5.75 Å². The molecular weight excluding hydrogens is 450 g/mol. The number of amides is 1. The van der Waals surface area contributed by atoms with Crippen LogP contribution in [0.4, 0.5) is 8.78 Å². The number of imidazole rings is 1. The third-order valence-electron chi connectivity index (χ3n) is 7.39. The van der Waals surface area contributed by atoms with E-state index in [0.717, 1.165) is 48.5 Å². The number of nitrogens with zero attached hydrogens (tertiary/aromatic N) is 4. The zero-order valence-electron chi connectivity index (χ0n) is 19.5. The topological polar surface area (TPSA) is 50.6 Å². The van der Waals surface area contributed by atoms with Gasteiger partial charge in [-0.3, -0.25) is 4.79 Å². The van der Waals surface area contributed by atoms with Crippen LogP contribution >= 0.6 is 0 Å². The zero-order valence-corrected chi connectivity index (χ0v) is 19.5. The number of benzene rings is 2. The summed E-state index contributed by atoms with van der Waals surface area (Å²) in [6, 6.07) is 10.1. The molecule has 6 nitrogen and oxygen atoms in total. The minimum Gasteiger partial charge on any atom is -0.434 e. The second-order valence-electron chi connectivity index (χ2n) is 9.42. The van der Waals surface area contributed by atoms with E-state index in [0.29, 0.717) is 17.5 Å². The summed E-state index contributed by atoms with van der Waals surface area (Å²) in [5, 5.41) is 0. The Morgan fingerprint density at radius 1 is 1.17 bits per heavy atom. The van der Waals surface area contributed by atoms with E-state index in [-0.39, 0.29) is 23.7 Å². The second-order valence-corrected chi connectivity index (χ2v) is 9.42. The Morgan fingerprint density at radius 2 is 2.00 bits per heavy atom. The van der Waals surface area contributed by atoms with Crippen LogP contribution in [-0.2, 0) is 0 Å². The van der Waals surface area contributed by atoms with Crippen molar-refractivity contribution in [1.82, 2.24) is 19.4 Å². The third-order valence-corrected chi connectivity index (χ3v) is 7.39. The molecule has 3 aromatic rings. The number of ether oxygens (including phenoxy) is 1. The number of hydrogen-bond acceptors (Lipinski definition) is 4. The predicted octanol–water partition coefficient (Wildman–Crippen LogP) is 4.59. The van der Waals surface area contributed by atoms with Crippen molar-refractivity contribution < 1.29 is 18.3 Å². The zero-order chi connectivity index (χ0) is 24.1. The highest BCUT2D eigenvalue weighted by molar-refractivity contribution is 5.97. The number of carbonyl (C=O) groups excluding carboxylic acids is 1. The SMILES string of the molecule is CN1C(=O)c2cccc(OC(F)F)c2[C@H]2C[C@@H]1c1nc3ccc(C#CCCN4CCCC4)cc3n12. The summed E-state index contributed by atoms with van der Waals surface area (Å²) in [5.41, 5.74) is 3.46. The van der Waals surface area contributed by atoms with E-state index in [2.05, 4.69) is 21.3 Å². The first kappa shape index (κ1) is 22.1. The van der Waals surface area contributed by atoms with Crippen molar-refractivity contribution in [3.8, 4) is 17.6 Å². The van der Waals surface area contributed by atoms with Gasteiger partial charge in [-0.1, -0.05) is 17.9 Å². The summed E-state index contributed by atoms with van der Waals surface area (Å²) in [4.78, 5) is 22.2. The molecule has 1 fully saturated rings. The lowest BCUT2D eigenvalue weighted by Gasteiger charge is -2.24. The Kier molecular flexibility index (Phi) is 5.45. The van der Waals surface area contributed by atoms with E-state index >= 15 is 0 Å². The Balaban J connectivity index is 1.41. The molecule has 0 saturated carbocycles. The Morgan fingerprint density at radius 3 is 2.80 bits per heavy atom. The maximum atomic E-state index is 13.2. The highest BCUT2D eigenvalue weighted by Crippen LogP contribution is 2.49. The van der Waals surface area contributed by atoms with Gasteiger partial charge in [0.25, 0.3) is 5.91 Å². The van der Waals surface area contributed by atoms with E-state index < -0.39 is 6.61 Å². The average molecular weight is 477 g/mol. The highest BCUT2D eigenvalue weighted by Gasteiger charge is 2.45. The lowest BCUT2D eigenvalue weighted by Crippen LogP contribution is -2.30. The maximum absolute atomic E-state index is 13.2. The highest BCUT2D eigenvalue weighted by atomic mass is 19.3. The van der Waals surface area contributed by atoms with Gasteiger partial charge in [0.15, 0.2) is 0 Å². The smallest absolute Gasteiger partial charge is 0.387 e. The minimum absolute atomic E-state index is 0.0393. The van der Waals surface area contributed by atoms with Crippen molar-refractivity contribution in [3.05, 3.63) is 58.9 Å². The average Bonchev–Trinajstić information content (AvgIpc) is 3.55. The summed E-state index contributed by atoms with van der Waals surface area (Å²) >= 11 is 0. The van der Waals surface area contributed by atoms with Gasteiger partial charge in [-0.15, -0.1) is 0 Å². The van der Waals surface area contributed by atoms with E-state index in [1.54, 1.807) is 24.1 Å². The molecule has 3 aliphatic rings. The van der Waals surface area contributed by atoms with Crippen molar-refractivity contribution in [1.29, 1.82) is 0 Å². The monoisotopic (exact) mass is 476 g/mol. The summed E-state index contributed by atoms with van der Waals surface area (Å²) in [6.45, 7) is 0.337. The standard InChI is InChI=1S/C27H26F2N4O2/c1-31-22-16-21(24-18(26(31)34)8-6-9-23(24)35-27(28)29)33-20-15-17(10-11-19(20)30-25(22)33)7-2-3-12-32-13-4-5-14-32/h6,8-11,15,21-22,27H,3-5,12-14,16H2,1H3/t21-,22-/m1/s1. The van der Waals surface area contributed by atoms with Gasteiger partial charge >= 0.3 is 6.61 Å². The first-order valence-corrected chi connectivity index (χ1v) is 12.1. The number of likely N-dealkylation sites (tertiary alicyclic amines) is 1. The molecule has 0 aliphatic carbocycles. The van der Waals surface area contributed by atoms with Crippen molar-refractivity contribution in [2.75, 3.05) is 26.7 Å². The van der Waals surface area contributed by atoms with Crippen LogP contribution in [0, 0.1) is 11.8 Å². The molecule has 2 atom stereocenters. The van der Waals surface area contributed by atoms with Gasteiger partial charge in [-0.2, -0.15) is 8.78 Å². The molecule has 6 rings (SSSR count). The van der Waals surface area contributed by atoms with Gasteiger partial charge < -0.3 is 19.1 Å². The van der Waals surface area contributed by atoms with Crippen molar-refractivity contribution in [2.24, 2.45) is 0 Å². The van der Waals surface area contributed by atoms with Crippen LogP contribution in [0.15, 0.2) is 36.4 Å². The normalized spacial score (nSPS) is 21.1. The molecule has 180 valence electrons. The molecule has 0 spiro atoms. The summed E-state index contributed by atoms with van der Waals surface area (Å²) in [6.07, 6.45) is 3.92. The molecule has 1 amide bonds. The number of carbonyl (C=O) groups is 1. The third kappa shape index (κ3) is 3.75. The lowest BCUT2D eigenvalue weighted by atomic mass is 9.97. The quantitative estimate of drug-likeness (QED) is 0.517. The van der Waals surface area contributed by atoms with E-state index in [4.69, 9.17) is 9.72 Å². The fourth-order valence-corrected chi connectivity index (χ4v) is 5.74. The molecule has 2 aromatic carbocycles. The van der Waals surface area contributed by atoms with E-state index in [1.165, 1.54) is 18.9 Å². The predicted molar refractivity (Wildman–Crippen MR) is 128 cm³/mol. The fraction of sp³-hybridized carbons (Fsp3) is 0.407. The number of halogens is 2. The Labute approximate surface area is 202 Å². The number of rotatable bonds is 4. The van der Waals surface area contributed by atoms with Crippen molar-refractivity contribution in [3.63, 3.8) is 0 Å². The van der Waals surface area contributed by atoms with Gasteiger partial charge in [-0.25, -0.2) is 4.98 Å². The Hall–Kier alpha value is -3.44. The molecule has 0 N–H and O–H groups in total. The van der Waals surface area contributed by atoms with Crippen LogP contribution in [0.3, 0.4) is 0 Å². The number of fused-ring (bicyclic) bond motifs is 9. The fourth-order valence-electron chi connectivity index (χ4n) is 5.74. The van der Waals surface area contributed by atoms with Crippen LogP contribution in [0.25, 0.3) is 11.0 Å². The summed E-state index contributed by atoms with van der Waals surface area (Å²) < 4.78 is 33.4. The molecule has 3 aliphatic heterocycles. The first-order chi connectivity index (χ1) is 17.0. The summed E-state index contributed by atoms with van der Waals surface area (Å²) in [7, 11) is 1.74. The maximum Gasteiger partial charge on any atom is 0.387 e. The number of alkyl halides is 2. The molecule has 8 heteroatoms. The van der Waals surface area contributed by atoms with Gasteiger partial charge in [0.2, 0.25) is 0 Å². The number of aromatic nitrogens is 2. The first-order valence-electron chi connectivity index (χ1n) is 12.1. The van der Waals surface area contributed by atoms with Crippen LogP contribution in [-0.4, -0.2) is 58.6 Å². The van der Waals surface area contributed by atoms with Gasteiger partial charge in [0.05, 0.1) is 23.1 Å². The van der Waals surface area contributed by atoms with E-state index in [1.807, 2.05) is 18.2 Å². The van der Waals surface area contributed by atoms with Gasteiger partial charge in [0, 0.05) is 43.1 Å². The van der Waals surface area contributed by atoms with Crippen LogP contribution in [0.2, 0.25) is 0 Å². The molecule has 0 unspecified atom stereocenters. The molecule has 1 aromatic heterocycles. The minimum atomic E-state index is -2.98. The van der Waals surface area contributed by atoms with E-state index in [9.17, 15) is 13.6 Å². The molecule has 35 heavy (non-hydrogen) atoms. The summed E-state index contributed by atoms with van der Waals surface area (Å²) in [5.74, 6) is 7.16. The second kappa shape index (κ2) is 8.65. The number of hydrogen-bond donors (Lipinski definition) is 0. The largest absolute Gasteiger partial charge is 0.434 e. The molecular formula is C27H26F2N4O2. The molecule has 4 heterocycles. The Bertz CT molecular complexity index is 1370.